The Labute approximate surface area is 83.7 Å². The Balaban J connectivity index is 2.25. The Morgan fingerprint density at radius 1 is 1.50 bits per heavy atom. The van der Waals surface area contributed by atoms with Gasteiger partial charge in [0.1, 0.15) is 0 Å². The third kappa shape index (κ3) is 3.25. The topological polar surface area (TPSA) is 72.8 Å². The van der Waals surface area contributed by atoms with Crippen molar-refractivity contribution in [1.29, 1.82) is 0 Å². The van der Waals surface area contributed by atoms with Crippen LogP contribution in [-0.4, -0.2) is 59.9 Å². The monoisotopic (exact) mass is 202 g/mol. The number of likely N-dealkylation sites (tertiary alicyclic amines) is 1. The molecular formula is C9H18N2O3. The number of carbonyl (C=O) groups excluding carboxylic acids is 1. The van der Waals surface area contributed by atoms with Gasteiger partial charge in [-0.2, -0.15) is 0 Å². The first-order valence-corrected chi connectivity index (χ1v) is 5.00. The molecule has 1 amide bonds. The summed E-state index contributed by atoms with van der Waals surface area (Å²) in [6.07, 6.45) is 2.00. The van der Waals surface area contributed by atoms with Gasteiger partial charge in [0.05, 0.1) is 19.8 Å². The van der Waals surface area contributed by atoms with Crippen molar-refractivity contribution < 1.29 is 15.0 Å². The van der Waals surface area contributed by atoms with E-state index in [0.717, 1.165) is 19.4 Å². The fraction of sp³-hybridized carbons (Fsp3) is 0.889. The van der Waals surface area contributed by atoms with Gasteiger partial charge in [0.2, 0.25) is 5.91 Å². The Hall–Kier alpha value is -0.650. The number of hydrogen-bond acceptors (Lipinski definition) is 4. The number of carbonyl (C=O) groups is 1. The lowest BCUT2D eigenvalue weighted by atomic mass is 10.2. The van der Waals surface area contributed by atoms with Crippen molar-refractivity contribution in [2.45, 2.75) is 18.9 Å². The zero-order chi connectivity index (χ0) is 10.4. The summed E-state index contributed by atoms with van der Waals surface area (Å²) in [6, 6.07) is 0.134. The number of hydrogen-bond donors (Lipinski definition) is 3. The smallest absolute Gasteiger partial charge is 0.234 e. The van der Waals surface area contributed by atoms with Crippen LogP contribution in [0.2, 0.25) is 0 Å². The van der Waals surface area contributed by atoms with Crippen LogP contribution in [0.3, 0.4) is 0 Å². The van der Waals surface area contributed by atoms with Gasteiger partial charge in [0.15, 0.2) is 0 Å². The van der Waals surface area contributed by atoms with Crippen LogP contribution < -0.4 is 5.32 Å². The minimum atomic E-state index is -0.0839. The molecule has 82 valence electrons. The number of amides is 1. The molecule has 0 aliphatic carbocycles. The lowest BCUT2D eigenvalue weighted by Crippen LogP contribution is -2.41. The molecule has 5 nitrogen and oxygen atoms in total. The van der Waals surface area contributed by atoms with Crippen molar-refractivity contribution in [3.63, 3.8) is 0 Å². The van der Waals surface area contributed by atoms with Gasteiger partial charge in [-0.15, -0.1) is 0 Å². The van der Waals surface area contributed by atoms with Crippen LogP contribution in [0.1, 0.15) is 12.8 Å². The molecule has 1 saturated heterocycles. The van der Waals surface area contributed by atoms with Crippen LogP contribution in [0.4, 0.5) is 0 Å². The highest BCUT2D eigenvalue weighted by Crippen LogP contribution is 2.15. The first kappa shape index (κ1) is 11.4. The van der Waals surface area contributed by atoms with Gasteiger partial charge in [-0.1, -0.05) is 0 Å². The van der Waals surface area contributed by atoms with E-state index in [2.05, 4.69) is 5.32 Å². The summed E-state index contributed by atoms with van der Waals surface area (Å²) in [7, 11) is 0. The van der Waals surface area contributed by atoms with E-state index >= 15 is 0 Å². The molecule has 1 unspecified atom stereocenters. The first-order valence-electron chi connectivity index (χ1n) is 5.00. The van der Waals surface area contributed by atoms with Gasteiger partial charge in [-0.3, -0.25) is 9.69 Å². The van der Waals surface area contributed by atoms with Crippen molar-refractivity contribution in [3.8, 4) is 0 Å². The predicted molar refractivity (Wildman–Crippen MR) is 51.8 cm³/mol. The average Bonchev–Trinajstić information content (AvgIpc) is 2.62. The molecule has 1 rings (SSSR count). The van der Waals surface area contributed by atoms with Gasteiger partial charge in [-0.25, -0.2) is 0 Å². The number of nitrogens with zero attached hydrogens (tertiary/aromatic N) is 1. The average molecular weight is 202 g/mol. The second kappa shape index (κ2) is 5.95. The lowest BCUT2D eigenvalue weighted by molar-refractivity contribution is -0.122. The molecule has 14 heavy (non-hydrogen) atoms. The minimum Gasteiger partial charge on any atom is -0.395 e. The fourth-order valence-electron chi connectivity index (χ4n) is 1.75. The maximum Gasteiger partial charge on any atom is 0.234 e. The largest absolute Gasteiger partial charge is 0.395 e. The second-order valence-electron chi connectivity index (χ2n) is 3.52. The highest BCUT2D eigenvalue weighted by Gasteiger charge is 2.24. The molecule has 0 saturated carbocycles. The van der Waals surface area contributed by atoms with E-state index in [1.54, 1.807) is 0 Å². The van der Waals surface area contributed by atoms with Crippen molar-refractivity contribution in [3.05, 3.63) is 0 Å². The molecule has 0 radical (unpaired) electrons. The molecule has 3 N–H and O–H groups in total. The summed E-state index contributed by atoms with van der Waals surface area (Å²) in [5.41, 5.74) is 0. The van der Waals surface area contributed by atoms with Gasteiger partial charge >= 0.3 is 0 Å². The van der Waals surface area contributed by atoms with Crippen LogP contribution in [-0.2, 0) is 4.79 Å². The summed E-state index contributed by atoms with van der Waals surface area (Å²) < 4.78 is 0. The Morgan fingerprint density at radius 2 is 2.29 bits per heavy atom. The maximum absolute atomic E-state index is 11.3. The molecule has 0 spiro atoms. The molecule has 1 aliphatic rings. The predicted octanol–water partition coefficient (Wildman–Crippen LogP) is -1.45. The normalized spacial score (nSPS) is 22.6. The number of aliphatic hydroxyl groups is 2. The van der Waals surface area contributed by atoms with E-state index in [0.29, 0.717) is 13.1 Å². The Kier molecular flexibility index (Phi) is 4.86. The molecule has 1 heterocycles. The quantitative estimate of drug-likeness (QED) is 0.510. The number of aliphatic hydroxyl groups excluding tert-OH is 2. The standard InChI is InChI=1S/C9H18N2O3/c12-5-3-10-9(14)6-11-4-1-2-8(11)7-13/h8,12-13H,1-7H2,(H,10,14). The van der Waals surface area contributed by atoms with E-state index < -0.39 is 0 Å². The van der Waals surface area contributed by atoms with E-state index in [9.17, 15) is 4.79 Å². The van der Waals surface area contributed by atoms with Crippen LogP contribution in [0.15, 0.2) is 0 Å². The van der Waals surface area contributed by atoms with E-state index in [-0.39, 0.29) is 25.2 Å². The second-order valence-corrected chi connectivity index (χ2v) is 3.52. The minimum absolute atomic E-state index is 0.0326. The third-order valence-electron chi connectivity index (χ3n) is 2.49. The SMILES string of the molecule is O=C(CN1CCCC1CO)NCCO. The van der Waals surface area contributed by atoms with E-state index in [1.165, 1.54) is 0 Å². The zero-order valence-electron chi connectivity index (χ0n) is 8.28. The van der Waals surface area contributed by atoms with E-state index in [1.807, 2.05) is 4.90 Å². The summed E-state index contributed by atoms with van der Waals surface area (Å²) in [5.74, 6) is -0.0839. The molecule has 5 heteroatoms. The molecule has 0 aromatic rings. The molecule has 0 aromatic carbocycles. The molecule has 1 fully saturated rings. The molecule has 0 bridgehead atoms. The van der Waals surface area contributed by atoms with Crippen LogP contribution in [0, 0.1) is 0 Å². The van der Waals surface area contributed by atoms with Crippen LogP contribution in [0.5, 0.6) is 0 Å². The first-order chi connectivity index (χ1) is 6.77. The van der Waals surface area contributed by atoms with Crippen LogP contribution in [0.25, 0.3) is 0 Å². The summed E-state index contributed by atoms with van der Waals surface area (Å²) in [6.45, 7) is 1.59. The van der Waals surface area contributed by atoms with Crippen LogP contribution >= 0.6 is 0 Å². The van der Waals surface area contributed by atoms with Crippen molar-refractivity contribution >= 4 is 5.91 Å². The zero-order valence-corrected chi connectivity index (χ0v) is 8.28. The maximum atomic E-state index is 11.3. The Bertz CT molecular complexity index is 187. The Morgan fingerprint density at radius 3 is 2.93 bits per heavy atom. The van der Waals surface area contributed by atoms with Gasteiger partial charge in [0, 0.05) is 12.6 Å². The van der Waals surface area contributed by atoms with Crippen molar-refractivity contribution in [1.82, 2.24) is 10.2 Å². The van der Waals surface area contributed by atoms with Gasteiger partial charge < -0.3 is 15.5 Å². The lowest BCUT2D eigenvalue weighted by Gasteiger charge is -2.21. The highest BCUT2D eigenvalue weighted by molar-refractivity contribution is 5.78. The van der Waals surface area contributed by atoms with Crippen molar-refractivity contribution in [2.75, 3.05) is 32.8 Å². The molecule has 1 atom stereocenters. The number of rotatable bonds is 5. The summed E-state index contributed by atoms with van der Waals surface area (Å²) in [5, 5.41) is 20.1. The third-order valence-corrected chi connectivity index (χ3v) is 2.49. The van der Waals surface area contributed by atoms with Gasteiger partial charge in [0.25, 0.3) is 0 Å². The summed E-state index contributed by atoms with van der Waals surface area (Å²) in [4.78, 5) is 13.3. The summed E-state index contributed by atoms with van der Waals surface area (Å²) >= 11 is 0. The molecule has 1 aliphatic heterocycles. The number of nitrogens with one attached hydrogen (secondary N) is 1. The molecular weight excluding hydrogens is 184 g/mol. The van der Waals surface area contributed by atoms with E-state index in [4.69, 9.17) is 10.2 Å². The fourth-order valence-corrected chi connectivity index (χ4v) is 1.75. The van der Waals surface area contributed by atoms with Gasteiger partial charge in [-0.05, 0) is 19.4 Å². The highest BCUT2D eigenvalue weighted by atomic mass is 16.3. The van der Waals surface area contributed by atoms with Crippen molar-refractivity contribution in [2.24, 2.45) is 0 Å². The molecule has 0 aromatic heterocycles.